The summed E-state index contributed by atoms with van der Waals surface area (Å²) in [6, 6.07) is 10.8. The predicted octanol–water partition coefficient (Wildman–Crippen LogP) is 6.70. The van der Waals surface area contributed by atoms with Crippen LogP contribution in [0.1, 0.15) is 65.2 Å². The second-order valence-electron chi connectivity index (χ2n) is 13.6. The van der Waals surface area contributed by atoms with Gasteiger partial charge in [-0.3, -0.25) is 24.3 Å². The van der Waals surface area contributed by atoms with E-state index in [2.05, 4.69) is 9.97 Å². The van der Waals surface area contributed by atoms with Gasteiger partial charge in [0.1, 0.15) is 5.82 Å². The highest BCUT2D eigenvalue weighted by molar-refractivity contribution is 6.30. The first-order chi connectivity index (χ1) is 23.3. The number of halogens is 2. The first-order valence-electron chi connectivity index (χ1n) is 16.7. The van der Waals surface area contributed by atoms with E-state index in [0.29, 0.717) is 28.5 Å². The van der Waals surface area contributed by atoms with Crippen molar-refractivity contribution < 1.29 is 18.3 Å². The second kappa shape index (κ2) is 11.1. The van der Waals surface area contributed by atoms with Crippen molar-refractivity contribution in [1.82, 2.24) is 24.4 Å². The van der Waals surface area contributed by atoms with Crippen LogP contribution in [0.3, 0.4) is 0 Å². The van der Waals surface area contributed by atoms with E-state index in [1.165, 1.54) is 16.8 Å². The van der Waals surface area contributed by atoms with Crippen LogP contribution >= 0.6 is 11.6 Å². The summed E-state index contributed by atoms with van der Waals surface area (Å²) in [5.41, 5.74) is 7.42. The quantitative estimate of drug-likeness (QED) is 0.191. The molecule has 3 fully saturated rings. The van der Waals surface area contributed by atoms with Gasteiger partial charge in [-0.2, -0.15) is 0 Å². The standard InChI is InChI=1S/C37H33ClFN5O4/c1-20-14-23(6-10-40-20)31-27(4-2-21-8-12-47-13-9-21)42-34-33(35(45)44-11-7-24-17-37(24,34)44)32(31)22-3-5-29-30(15-22)48-36(46)43(29)19-28-26(39)16-25(38)18-41-28/h3,5-6,10,14-16,18,21,24H,2,4,7-9,11-13,17,19H2,1H3/t24-,37+/m0/s1. The van der Waals surface area contributed by atoms with E-state index < -0.39 is 11.6 Å². The fourth-order valence-corrected chi connectivity index (χ4v) is 8.55. The lowest BCUT2D eigenvalue weighted by molar-refractivity contribution is 0.0639. The van der Waals surface area contributed by atoms with Crippen molar-refractivity contribution in [2.24, 2.45) is 11.8 Å². The Hall–Kier alpha value is -4.41. The maximum atomic E-state index is 14.7. The maximum absolute atomic E-state index is 14.7. The van der Waals surface area contributed by atoms with E-state index in [9.17, 15) is 14.0 Å². The molecule has 2 saturated heterocycles. The monoisotopic (exact) mass is 665 g/mol. The van der Waals surface area contributed by atoms with Gasteiger partial charge in [-0.1, -0.05) is 17.7 Å². The number of hydrogen-bond acceptors (Lipinski definition) is 7. The number of fused-ring (bicyclic) bond motifs is 2. The Kier molecular flexibility index (Phi) is 6.85. The highest BCUT2D eigenvalue weighted by atomic mass is 35.5. The summed E-state index contributed by atoms with van der Waals surface area (Å²) < 4.78 is 27.4. The summed E-state index contributed by atoms with van der Waals surface area (Å²) in [7, 11) is 0. The van der Waals surface area contributed by atoms with Crippen LogP contribution < -0.4 is 5.76 Å². The maximum Gasteiger partial charge on any atom is 0.420 e. The molecule has 4 aromatic heterocycles. The molecule has 1 aliphatic carbocycles. The number of oxazole rings is 1. The Morgan fingerprint density at radius 2 is 1.83 bits per heavy atom. The molecule has 3 aliphatic heterocycles. The number of pyridine rings is 3. The molecule has 4 aliphatic rings. The van der Waals surface area contributed by atoms with Crippen LogP contribution in [0.5, 0.6) is 0 Å². The average Bonchev–Trinajstić information content (AvgIpc) is 3.43. The number of piperidine rings is 1. The third-order valence-corrected chi connectivity index (χ3v) is 11.1. The first-order valence-corrected chi connectivity index (χ1v) is 17.0. The molecule has 0 unspecified atom stereocenters. The summed E-state index contributed by atoms with van der Waals surface area (Å²) >= 11 is 5.90. The Bertz CT molecular complexity index is 2210. The van der Waals surface area contributed by atoms with Crippen molar-refractivity contribution >= 4 is 28.6 Å². The Morgan fingerprint density at radius 1 is 1.00 bits per heavy atom. The van der Waals surface area contributed by atoms with E-state index >= 15 is 0 Å². The molecule has 1 amide bonds. The zero-order valence-corrected chi connectivity index (χ0v) is 27.2. The van der Waals surface area contributed by atoms with Crippen molar-refractivity contribution in [2.45, 2.75) is 57.5 Å². The zero-order valence-electron chi connectivity index (χ0n) is 26.5. The molecule has 1 saturated carbocycles. The molecule has 244 valence electrons. The largest absolute Gasteiger partial charge is 0.420 e. The molecule has 11 heteroatoms. The highest BCUT2D eigenvalue weighted by Crippen LogP contribution is 2.67. The van der Waals surface area contributed by atoms with Crippen LogP contribution in [-0.2, 0) is 23.2 Å². The van der Waals surface area contributed by atoms with Crippen molar-refractivity contribution in [3.8, 4) is 22.3 Å². The lowest BCUT2D eigenvalue weighted by Crippen LogP contribution is -2.30. The van der Waals surface area contributed by atoms with Crippen LogP contribution in [-0.4, -0.2) is 50.1 Å². The smallest absolute Gasteiger partial charge is 0.408 e. The molecule has 0 radical (unpaired) electrons. The molecule has 48 heavy (non-hydrogen) atoms. The van der Waals surface area contributed by atoms with Gasteiger partial charge in [0.2, 0.25) is 0 Å². The fraction of sp³-hybridized carbons (Fsp3) is 0.378. The summed E-state index contributed by atoms with van der Waals surface area (Å²) in [5.74, 6) is -0.242. The lowest BCUT2D eigenvalue weighted by atomic mass is 9.85. The Balaban J connectivity index is 1.24. The topological polar surface area (TPSA) is 103 Å². The van der Waals surface area contributed by atoms with E-state index in [4.69, 9.17) is 25.7 Å². The van der Waals surface area contributed by atoms with Crippen molar-refractivity contribution in [1.29, 1.82) is 0 Å². The van der Waals surface area contributed by atoms with E-state index in [1.54, 1.807) is 12.3 Å². The average molecular weight is 666 g/mol. The molecular weight excluding hydrogens is 633 g/mol. The number of carbonyl (C=O) groups excluding carboxylic acids is 1. The van der Waals surface area contributed by atoms with Gasteiger partial charge in [-0.25, -0.2) is 9.18 Å². The number of aromatic nitrogens is 4. The minimum Gasteiger partial charge on any atom is -0.408 e. The summed E-state index contributed by atoms with van der Waals surface area (Å²) in [6.45, 7) is 4.14. The number of aryl methyl sites for hydroxylation is 2. The summed E-state index contributed by atoms with van der Waals surface area (Å²) in [4.78, 5) is 43.6. The van der Waals surface area contributed by atoms with Gasteiger partial charge < -0.3 is 14.1 Å². The number of ether oxygens (including phenoxy) is 1. The van der Waals surface area contributed by atoms with Gasteiger partial charge in [0.25, 0.3) is 5.91 Å². The SMILES string of the molecule is Cc1cc(-c2c(CCC3CCOCC3)nc3c(c2-c2ccc4c(c2)oc(=O)n4Cc2ncc(Cl)cc2F)C(=O)N2CC[C@H]4C[C@]342)ccn1. The third-order valence-electron chi connectivity index (χ3n) is 10.9. The minimum absolute atomic E-state index is 0.0129. The molecular formula is C37H33ClFN5O4. The first kappa shape index (κ1) is 29.7. The van der Waals surface area contributed by atoms with Crippen LogP contribution in [0.25, 0.3) is 33.4 Å². The highest BCUT2D eigenvalue weighted by Gasteiger charge is 2.70. The van der Waals surface area contributed by atoms with Gasteiger partial charge >= 0.3 is 5.76 Å². The molecule has 1 aromatic carbocycles. The van der Waals surface area contributed by atoms with Gasteiger partial charge in [0.05, 0.1) is 39.6 Å². The molecule has 0 bridgehead atoms. The molecule has 9 rings (SSSR count). The predicted molar refractivity (Wildman–Crippen MR) is 177 cm³/mol. The molecule has 9 nitrogen and oxygen atoms in total. The molecule has 5 aromatic rings. The van der Waals surface area contributed by atoms with E-state index in [-0.39, 0.29) is 28.7 Å². The summed E-state index contributed by atoms with van der Waals surface area (Å²) in [6.07, 6.45) is 8.89. The third kappa shape index (κ3) is 4.56. The fourth-order valence-electron chi connectivity index (χ4n) is 8.40. The molecule has 2 atom stereocenters. The van der Waals surface area contributed by atoms with Gasteiger partial charge in [-0.05, 0) is 98.7 Å². The second-order valence-corrected chi connectivity index (χ2v) is 14.0. The number of carbonyl (C=O) groups is 1. The van der Waals surface area contributed by atoms with Gasteiger partial charge in [0, 0.05) is 54.7 Å². The van der Waals surface area contributed by atoms with Crippen molar-refractivity contribution in [3.63, 3.8) is 0 Å². The van der Waals surface area contributed by atoms with Crippen LogP contribution in [0.2, 0.25) is 5.02 Å². The molecule has 1 spiro atoms. The Labute approximate surface area is 280 Å². The number of rotatable bonds is 7. The van der Waals surface area contributed by atoms with Gasteiger partial charge in [0.15, 0.2) is 5.58 Å². The van der Waals surface area contributed by atoms with Crippen LogP contribution in [0.15, 0.2) is 58.0 Å². The van der Waals surface area contributed by atoms with E-state index in [0.717, 1.165) is 97.6 Å². The number of amides is 1. The zero-order chi connectivity index (χ0) is 32.7. The Morgan fingerprint density at radius 3 is 2.62 bits per heavy atom. The number of hydrogen-bond donors (Lipinski definition) is 0. The number of nitrogens with zero attached hydrogens (tertiary/aromatic N) is 5. The normalized spacial score (nSPS) is 21.5. The van der Waals surface area contributed by atoms with Gasteiger partial charge in [-0.15, -0.1) is 0 Å². The lowest BCUT2D eigenvalue weighted by Gasteiger charge is -2.24. The minimum atomic E-state index is -0.628. The van der Waals surface area contributed by atoms with E-state index in [1.807, 2.05) is 36.1 Å². The van der Waals surface area contributed by atoms with Crippen LogP contribution in [0.4, 0.5) is 4.39 Å². The van der Waals surface area contributed by atoms with Crippen molar-refractivity contribution in [3.05, 3.63) is 98.5 Å². The van der Waals surface area contributed by atoms with Crippen LogP contribution in [0, 0.1) is 24.6 Å². The molecule has 0 N–H and O–H groups in total. The number of benzene rings is 1. The van der Waals surface area contributed by atoms with Crippen molar-refractivity contribution in [2.75, 3.05) is 19.8 Å². The summed E-state index contributed by atoms with van der Waals surface area (Å²) in [5, 5.41) is 0.176. The molecule has 7 heterocycles.